The summed E-state index contributed by atoms with van der Waals surface area (Å²) in [5.41, 5.74) is 0.913. The summed E-state index contributed by atoms with van der Waals surface area (Å²) in [5, 5.41) is 11.2. The summed E-state index contributed by atoms with van der Waals surface area (Å²) in [7, 11) is -2.07. The van der Waals surface area contributed by atoms with Gasteiger partial charge in [-0.05, 0) is 61.2 Å². The first-order chi connectivity index (χ1) is 17.3. The van der Waals surface area contributed by atoms with Gasteiger partial charge in [-0.3, -0.25) is 9.59 Å². The predicted molar refractivity (Wildman–Crippen MR) is 139 cm³/mol. The van der Waals surface area contributed by atoms with Gasteiger partial charge in [0.2, 0.25) is 10.0 Å². The Kier molecular flexibility index (Phi) is 8.29. The van der Waals surface area contributed by atoms with Gasteiger partial charge in [0, 0.05) is 43.4 Å². The van der Waals surface area contributed by atoms with Crippen molar-refractivity contribution in [2.75, 3.05) is 33.4 Å². The average Bonchev–Trinajstić information content (AvgIpc) is 3.14. The van der Waals surface area contributed by atoms with Crippen LogP contribution < -0.4 is 0 Å². The number of halogens is 1. The molecule has 192 valence electrons. The summed E-state index contributed by atoms with van der Waals surface area (Å²) in [5.74, 6) is -1.81. The number of ether oxygens (including phenoxy) is 1. The number of rotatable bonds is 8. The minimum atomic E-state index is -3.63. The highest BCUT2D eigenvalue weighted by molar-refractivity contribution is 9.10. The summed E-state index contributed by atoms with van der Waals surface area (Å²) in [4.78, 5) is 27.7. The quantitative estimate of drug-likeness (QED) is 0.220. The topological polar surface area (TPSA) is 104 Å². The zero-order chi connectivity index (χ0) is 25.9. The largest absolute Gasteiger partial charge is 0.507 e. The van der Waals surface area contributed by atoms with E-state index in [0.717, 1.165) is 23.7 Å². The van der Waals surface area contributed by atoms with Crippen LogP contribution in [0.3, 0.4) is 0 Å². The van der Waals surface area contributed by atoms with Gasteiger partial charge in [-0.1, -0.05) is 34.5 Å². The van der Waals surface area contributed by atoms with Gasteiger partial charge in [-0.25, -0.2) is 8.42 Å². The summed E-state index contributed by atoms with van der Waals surface area (Å²) < 4.78 is 33.3. The van der Waals surface area contributed by atoms with Crippen LogP contribution in [0.25, 0.3) is 5.76 Å². The van der Waals surface area contributed by atoms with Crippen LogP contribution in [-0.2, 0) is 24.3 Å². The van der Waals surface area contributed by atoms with Gasteiger partial charge < -0.3 is 14.7 Å². The molecule has 2 aliphatic rings. The first-order valence-electron chi connectivity index (χ1n) is 11.9. The Morgan fingerprint density at radius 1 is 1.08 bits per heavy atom. The van der Waals surface area contributed by atoms with Crippen LogP contribution in [0.5, 0.6) is 0 Å². The predicted octanol–water partition coefficient (Wildman–Crippen LogP) is 4.08. The number of methoxy groups -OCH3 is 1. The van der Waals surface area contributed by atoms with Crippen LogP contribution in [0.4, 0.5) is 0 Å². The number of aliphatic hydroxyl groups excluding tert-OH is 1. The number of hydrogen-bond acceptors (Lipinski definition) is 6. The number of benzene rings is 2. The molecule has 0 aromatic heterocycles. The molecule has 0 spiro atoms. The Bertz CT molecular complexity index is 1270. The third-order valence-corrected chi connectivity index (χ3v) is 8.94. The van der Waals surface area contributed by atoms with Crippen LogP contribution in [0.1, 0.15) is 42.9 Å². The standard InChI is InChI=1S/C26H29BrN2O6S/c1-35-16-6-15-29-23(19-7-5-8-20(27)17-19)22(25(31)26(29)32)24(30)18-9-11-21(12-10-18)36(33,34)28-13-3-2-4-14-28/h5,7-12,17,23,30H,2-4,6,13-16H2,1H3/t23-/m1/s1. The van der Waals surface area contributed by atoms with Crippen molar-refractivity contribution in [2.45, 2.75) is 36.6 Å². The Labute approximate surface area is 219 Å². The summed E-state index contributed by atoms with van der Waals surface area (Å²) >= 11 is 3.44. The van der Waals surface area contributed by atoms with Crippen molar-refractivity contribution >= 4 is 43.4 Å². The minimum absolute atomic E-state index is 0.0258. The Hall–Kier alpha value is -2.53. The Morgan fingerprint density at radius 2 is 1.78 bits per heavy atom. The zero-order valence-electron chi connectivity index (χ0n) is 20.0. The monoisotopic (exact) mass is 576 g/mol. The number of hydrogen-bond donors (Lipinski definition) is 1. The molecule has 1 amide bonds. The van der Waals surface area contributed by atoms with Gasteiger partial charge in [0.15, 0.2) is 0 Å². The smallest absolute Gasteiger partial charge is 0.295 e. The molecule has 2 saturated heterocycles. The fourth-order valence-corrected chi connectivity index (χ4v) is 6.64. The van der Waals surface area contributed by atoms with Crippen molar-refractivity contribution in [3.8, 4) is 0 Å². The number of sulfonamides is 1. The molecule has 0 bridgehead atoms. The fourth-order valence-electron chi connectivity index (χ4n) is 4.71. The van der Waals surface area contributed by atoms with Crippen LogP contribution in [0, 0.1) is 0 Å². The molecule has 1 atom stereocenters. The molecule has 2 aromatic rings. The van der Waals surface area contributed by atoms with E-state index in [9.17, 15) is 23.1 Å². The summed E-state index contributed by atoms with van der Waals surface area (Å²) in [6, 6.07) is 12.3. The van der Waals surface area contributed by atoms with E-state index in [4.69, 9.17) is 4.74 Å². The Balaban J connectivity index is 1.72. The normalized spacial score (nSPS) is 20.7. The van der Waals surface area contributed by atoms with Gasteiger partial charge in [-0.2, -0.15) is 4.31 Å². The molecule has 36 heavy (non-hydrogen) atoms. The van der Waals surface area contributed by atoms with Gasteiger partial charge in [0.1, 0.15) is 5.76 Å². The van der Waals surface area contributed by atoms with E-state index in [0.29, 0.717) is 31.7 Å². The molecule has 10 heteroatoms. The lowest BCUT2D eigenvalue weighted by atomic mass is 9.95. The second-order valence-corrected chi connectivity index (χ2v) is 11.7. The number of likely N-dealkylation sites (tertiary alicyclic amines) is 1. The van der Waals surface area contributed by atoms with Crippen LogP contribution in [0.15, 0.2) is 63.5 Å². The van der Waals surface area contributed by atoms with Crippen molar-refractivity contribution < 1.29 is 27.9 Å². The lowest BCUT2D eigenvalue weighted by Gasteiger charge is -2.26. The van der Waals surface area contributed by atoms with Gasteiger partial charge in [0.05, 0.1) is 16.5 Å². The summed E-state index contributed by atoms with van der Waals surface area (Å²) in [6.45, 7) is 1.67. The number of carbonyl (C=O) groups excluding carboxylic acids is 2. The third-order valence-electron chi connectivity index (χ3n) is 6.53. The molecule has 0 aliphatic carbocycles. The maximum absolute atomic E-state index is 13.1. The number of aliphatic hydroxyl groups is 1. The van der Waals surface area contributed by atoms with E-state index in [1.54, 1.807) is 25.3 Å². The molecule has 8 nitrogen and oxygen atoms in total. The van der Waals surface area contributed by atoms with E-state index < -0.39 is 27.8 Å². The van der Waals surface area contributed by atoms with Gasteiger partial charge in [0.25, 0.3) is 11.7 Å². The SMILES string of the molecule is COCCCN1C(=O)C(=O)C(=C(O)c2ccc(S(=O)(=O)N3CCCCC3)cc2)[C@H]1c1cccc(Br)c1. The van der Waals surface area contributed by atoms with E-state index in [1.807, 2.05) is 6.07 Å². The van der Waals surface area contributed by atoms with E-state index in [2.05, 4.69) is 15.9 Å². The lowest BCUT2D eigenvalue weighted by Crippen LogP contribution is -2.35. The van der Waals surface area contributed by atoms with Crippen molar-refractivity contribution in [3.05, 3.63) is 69.7 Å². The molecular weight excluding hydrogens is 548 g/mol. The highest BCUT2D eigenvalue weighted by Crippen LogP contribution is 2.40. The summed E-state index contributed by atoms with van der Waals surface area (Å²) in [6.07, 6.45) is 3.20. The second kappa shape index (κ2) is 11.2. The molecule has 2 aliphatic heterocycles. The number of amides is 1. The van der Waals surface area contributed by atoms with E-state index in [-0.39, 0.29) is 28.3 Å². The molecule has 2 heterocycles. The molecule has 0 saturated carbocycles. The van der Waals surface area contributed by atoms with Crippen LogP contribution in [-0.4, -0.2) is 67.8 Å². The number of Topliss-reactive ketones (excluding diaryl/α,β-unsaturated/α-hetero) is 1. The van der Waals surface area contributed by atoms with Gasteiger partial charge >= 0.3 is 0 Å². The highest BCUT2D eigenvalue weighted by Gasteiger charge is 2.45. The van der Waals surface area contributed by atoms with Crippen LogP contribution in [0.2, 0.25) is 0 Å². The molecule has 4 rings (SSSR count). The maximum Gasteiger partial charge on any atom is 0.295 e. The fraction of sp³-hybridized carbons (Fsp3) is 0.385. The number of nitrogens with zero attached hydrogens (tertiary/aromatic N) is 2. The van der Waals surface area contributed by atoms with Crippen molar-refractivity contribution in [1.82, 2.24) is 9.21 Å². The molecule has 2 fully saturated rings. The van der Waals surface area contributed by atoms with Crippen molar-refractivity contribution in [2.24, 2.45) is 0 Å². The first kappa shape index (κ1) is 26.5. The van der Waals surface area contributed by atoms with Gasteiger partial charge in [-0.15, -0.1) is 0 Å². The molecule has 1 N–H and O–H groups in total. The van der Waals surface area contributed by atoms with Crippen LogP contribution >= 0.6 is 15.9 Å². The number of ketones is 1. The Morgan fingerprint density at radius 3 is 2.42 bits per heavy atom. The molecule has 2 aromatic carbocycles. The van der Waals surface area contributed by atoms with E-state index >= 15 is 0 Å². The molecule has 0 radical (unpaired) electrons. The third kappa shape index (κ3) is 5.27. The van der Waals surface area contributed by atoms with Crippen molar-refractivity contribution in [3.63, 3.8) is 0 Å². The first-order valence-corrected chi connectivity index (χ1v) is 14.1. The second-order valence-electron chi connectivity index (χ2n) is 8.88. The van der Waals surface area contributed by atoms with E-state index in [1.165, 1.54) is 33.5 Å². The molecular formula is C26H29BrN2O6S. The maximum atomic E-state index is 13.1. The zero-order valence-corrected chi connectivity index (χ0v) is 22.4. The number of piperidine rings is 1. The number of carbonyl (C=O) groups is 2. The average molecular weight is 577 g/mol. The highest BCUT2D eigenvalue weighted by atomic mass is 79.9. The lowest BCUT2D eigenvalue weighted by molar-refractivity contribution is -0.140. The minimum Gasteiger partial charge on any atom is -0.507 e. The van der Waals surface area contributed by atoms with Crippen molar-refractivity contribution in [1.29, 1.82) is 0 Å². The molecule has 0 unspecified atom stereocenters.